The standard InChI is InChI=1S/C23H22N2O4S3/c26-21(14-31-11-8-16-4-2-1-3-5-16)24-9-10-25-22(27)20(32-23(25)30)13-17-6-7-18-19(12-17)29-15-28-18/h1-7,12-13H,8-11,14-15H2,(H,24,26). The second kappa shape index (κ2) is 10.9. The van der Waals surface area contributed by atoms with Crippen molar-refractivity contribution in [2.24, 2.45) is 0 Å². The van der Waals surface area contributed by atoms with E-state index < -0.39 is 0 Å². The highest BCUT2D eigenvalue weighted by Gasteiger charge is 2.31. The number of thioether (sulfide) groups is 2. The molecule has 1 saturated heterocycles. The smallest absolute Gasteiger partial charge is 0.266 e. The zero-order valence-corrected chi connectivity index (χ0v) is 19.7. The molecule has 9 heteroatoms. The average Bonchev–Trinajstić information content (AvgIpc) is 3.37. The van der Waals surface area contributed by atoms with Gasteiger partial charge in [-0.1, -0.05) is 60.4 Å². The monoisotopic (exact) mass is 486 g/mol. The van der Waals surface area contributed by atoms with E-state index in [4.69, 9.17) is 21.7 Å². The fraction of sp³-hybridized carbons (Fsp3) is 0.261. The van der Waals surface area contributed by atoms with Crippen molar-refractivity contribution in [3.05, 3.63) is 64.6 Å². The van der Waals surface area contributed by atoms with Crippen molar-refractivity contribution in [2.75, 3.05) is 31.4 Å². The summed E-state index contributed by atoms with van der Waals surface area (Å²) in [5.41, 5.74) is 2.11. The molecule has 4 rings (SSSR count). The topological polar surface area (TPSA) is 67.9 Å². The molecule has 32 heavy (non-hydrogen) atoms. The van der Waals surface area contributed by atoms with Crippen LogP contribution in [0.1, 0.15) is 11.1 Å². The van der Waals surface area contributed by atoms with Gasteiger partial charge in [-0.15, -0.1) is 0 Å². The number of amides is 2. The minimum atomic E-state index is -0.149. The van der Waals surface area contributed by atoms with Gasteiger partial charge in [0.05, 0.1) is 10.7 Å². The molecule has 0 saturated carbocycles. The van der Waals surface area contributed by atoms with E-state index in [1.54, 1.807) is 17.8 Å². The predicted molar refractivity (Wildman–Crippen MR) is 133 cm³/mol. The summed E-state index contributed by atoms with van der Waals surface area (Å²) < 4.78 is 11.2. The van der Waals surface area contributed by atoms with Gasteiger partial charge >= 0.3 is 0 Å². The van der Waals surface area contributed by atoms with Gasteiger partial charge in [0.15, 0.2) is 11.5 Å². The van der Waals surface area contributed by atoms with Crippen LogP contribution in [0.25, 0.3) is 6.08 Å². The van der Waals surface area contributed by atoms with Gasteiger partial charge in [0.1, 0.15) is 4.32 Å². The molecular formula is C23H22N2O4S3. The van der Waals surface area contributed by atoms with Crippen LogP contribution in [0.4, 0.5) is 0 Å². The number of nitrogens with zero attached hydrogens (tertiary/aromatic N) is 1. The third kappa shape index (κ3) is 5.85. The summed E-state index contributed by atoms with van der Waals surface area (Å²) in [4.78, 5) is 26.9. The van der Waals surface area contributed by atoms with Crippen molar-refractivity contribution in [3.63, 3.8) is 0 Å². The van der Waals surface area contributed by atoms with Crippen LogP contribution in [0.15, 0.2) is 53.4 Å². The highest BCUT2D eigenvalue weighted by molar-refractivity contribution is 8.26. The van der Waals surface area contributed by atoms with Gasteiger partial charge in [-0.25, -0.2) is 0 Å². The van der Waals surface area contributed by atoms with Gasteiger partial charge in [-0.3, -0.25) is 14.5 Å². The Hall–Kier alpha value is -2.49. The van der Waals surface area contributed by atoms with Gasteiger partial charge in [-0.05, 0) is 41.5 Å². The third-order valence-corrected chi connectivity index (χ3v) is 7.17. The van der Waals surface area contributed by atoms with E-state index in [1.807, 2.05) is 36.4 Å². The fourth-order valence-corrected chi connectivity index (χ4v) is 5.33. The van der Waals surface area contributed by atoms with Crippen LogP contribution in [0.3, 0.4) is 0 Å². The van der Waals surface area contributed by atoms with Gasteiger partial charge in [0.25, 0.3) is 5.91 Å². The molecule has 2 aliphatic rings. The molecule has 166 valence electrons. The second-order valence-electron chi connectivity index (χ2n) is 7.08. The molecule has 0 aliphatic carbocycles. The molecule has 2 aromatic carbocycles. The van der Waals surface area contributed by atoms with Gasteiger partial charge in [0.2, 0.25) is 12.7 Å². The molecule has 6 nitrogen and oxygen atoms in total. The van der Waals surface area contributed by atoms with Crippen LogP contribution in [-0.2, 0) is 16.0 Å². The van der Waals surface area contributed by atoms with Crippen molar-refractivity contribution >= 4 is 58.0 Å². The summed E-state index contributed by atoms with van der Waals surface area (Å²) in [6.07, 6.45) is 2.73. The molecule has 1 fully saturated rings. The Morgan fingerprint density at radius 1 is 1.19 bits per heavy atom. The second-order valence-corrected chi connectivity index (χ2v) is 9.87. The SMILES string of the molecule is O=C(CSCCc1ccccc1)NCCN1C(=O)C(=Cc2ccc3c(c2)OCO3)SC1=S. The molecule has 0 spiro atoms. The molecule has 0 radical (unpaired) electrons. The van der Waals surface area contributed by atoms with Crippen molar-refractivity contribution in [3.8, 4) is 11.5 Å². The van der Waals surface area contributed by atoms with Crippen molar-refractivity contribution < 1.29 is 19.1 Å². The minimum Gasteiger partial charge on any atom is -0.454 e. The van der Waals surface area contributed by atoms with Crippen LogP contribution < -0.4 is 14.8 Å². The highest BCUT2D eigenvalue weighted by Crippen LogP contribution is 2.36. The Kier molecular flexibility index (Phi) is 7.72. The lowest BCUT2D eigenvalue weighted by molar-refractivity contribution is -0.123. The first-order valence-corrected chi connectivity index (χ1v) is 12.5. The Bertz CT molecular complexity index is 1040. The maximum absolute atomic E-state index is 12.8. The Morgan fingerprint density at radius 2 is 2.00 bits per heavy atom. The molecule has 0 bridgehead atoms. The minimum absolute atomic E-state index is 0.0376. The molecule has 2 heterocycles. The summed E-state index contributed by atoms with van der Waals surface area (Å²) >= 11 is 8.23. The summed E-state index contributed by atoms with van der Waals surface area (Å²) in [7, 11) is 0. The number of thiocarbonyl (C=S) groups is 1. The average molecular weight is 487 g/mol. The molecule has 2 aromatic rings. The first-order chi connectivity index (χ1) is 15.6. The number of hydrogen-bond acceptors (Lipinski definition) is 7. The predicted octanol–water partition coefficient (Wildman–Crippen LogP) is 3.71. The fourth-order valence-electron chi connectivity index (χ4n) is 3.20. The summed E-state index contributed by atoms with van der Waals surface area (Å²) in [5.74, 6) is 2.46. The molecular weight excluding hydrogens is 464 g/mol. The maximum atomic E-state index is 12.8. The van der Waals surface area contributed by atoms with E-state index in [-0.39, 0.29) is 18.6 Å². The zero-order valence-electron chi connectivity index (χ0n) is 17.2. The van der Waals surface area contributed by atoms with Crippen LogP contribution in [-0.4, -0.2) is 52.4 Å². The first kappa shape index (κ1) is 22.7. The molecule has 2 aliphatic heterocycles. The normalized spacial score (nSPS) is 16.1. The number of nitrogens with one attached hydrogen (secondary N) is 1. The molecule has 0 unspecified atom stereocenters. The number of carbonyl (C=O) groups excluding carboxylic acids is 2. The van der Waals surface area contributed by atoms with E-state index in [1.165, 1.54) is 22.2 Å². The van der Waals surface area contributed by atoms with Gasteiger partial charge in [-0.2, -0.15) is 11.8 Å². The van der Waals surface area contributed by atoms with Crippen LogP contribution in [0.5, 0.6) is 11.5 Å². The molecule has 2 amide bonds. The lowest BCUT2D eigenvalue weighted by Crippen LogP contribution is -2.37. The van der Waals surface area contributed by atoms with Gasteiger partial charge < -0.3 is 14.8 Å². The Balaban J connectivity index is 1.20. The number of fused-ring (bicyclic) bond motifs is 1. The summed E-state index contributed by atoms with van der Waals surface area (Å²) in [6, 6.07) is 15.7. The number of hydrogen-bond donors (Lipinski definition) is 1. The summed E-state index contributed by atoms with van der Waals surface area (Å²) in [5, 5.41) is 2.87. The van der Waals surface area contributed by atoms with Crippen LogP contribution in [0.2, 0.25) is 0 Å². The van der Waals surface area contributed by atoms with Crippen molar-refractivity contribution in [1.82, 2.24) is 10.2 Å². The number of benzene rings is 2. The van der Waals surface area contributed by atoms with Gasteiger partial charge in [0, 0.05) is 13.1 Å². The molecule has 0 atom stereocenters. The number of carbonyl (C=O) groups is 2. The van der Waals surface area contributed by atoms with E-state index in [9.17, 15) is 9.59 Å². The van der Waals surface area contributed by atoms with E-state index in [0.717, 1.165) is 17.7 Å². The largest absolute Gasteiger partial charge is 0.454 e. The molecule has 1 N–H and O–H groups in total. The lowest BCUT2D eigenvalue weighted by Gasteiger charge is -2.14. The zero-order chi connectivity index (χ0) is 22.3. The van der Waals surface area contributed by atoms with Crippen molar-refractivity contribution in [1.29, 1.82) is 0 Å². The summed E-state index contributed by atoms with van der Waals surface area (Å²) in [6.45, 7) is 0.920. The Morgan fingerprint density at radius 3 is 2.84 bits per heavy atom. The van der Waals surface area contributed by atoms with Crippen molar-refractivity contribution in [2.45, 2.75) is 6.42 Å². The van der Waals surface area contributed by atoms with E-state index >= 15 is 0 Å². The highest BCUT2D eigenvalue weighted by atomic mass is 32.2. The molecule has 0 aromatic heterocycles. The number of ether oxygens (including phenoxy) is 2. The quantitative estimate of drug-likeness (QED) is 0.329. The third-order valence-electron chi connectivity index (χ3n) is 4.84. The first-order valence-electron chi connectivity index (χ1n) is 10.1. The number of aryl methyl sites for hydroxylation is 1. The Labute approximate surface area is 200 Å². The van der Waals surface area contributed by atoms with Crippen LogP contribution in [0, 0.1) is 0 Å². The number of rotatable bonds is 9. The van der Waals surface area contributed by atoms with E-state index in [0.29, 0.717) is 39.6 Å². The van der Waals surface area contributed by atoms with E-state index in [2.05, 4.69) is 17.4 Å². The lowest BCUT2D eigenvalue weighted by atomic mass is 10.2. The maximum Gasteiger partial charge on any atom is 0.266 e. The van der Waals surface area contributed by atoms with Crippen LogP contribution >= 0.6 is 35.7 Å².